The van der Waals surface area contributed by atoms with E-state index in [0.717, 1.165) is 22.0 Å². The summed E-state index contributed by atoms with van der Waals surface area (Å²) in [6, 6.07) is 13.2. The lowest BCUT2D eigenvalue weighted by Crippen LogP contribution is -2.57. The van der Waals surface area contributed by atoms with Crippen molar-refractivity contribution in [1.29, 1.82) is 0 Å². The highest BCUT2D eigenvalue weighted by Gasteiger charge is 2.30. The number of hydrogen-bond acceptors (Lipinski definition) is 6. The molecule has 9 N–H and O–H groups in total. The van der Waals surface area contributed by atoms with E-state index in [4.69, 9.17) is 11.5 Å². The first-order valence-corrected chi connectivity index (χ1v) is 12.9. The molecule has 0 aliphatic rings. The molecule has 11 heteroatoms. The van der Waals surface area contributed by atoms with Gasteiger partial charge in [0.25, 0.3) is 0 Å². The number of unbranched alkanes of at least 4 members (excludes halogenated alkanes) is 1. The molecule has 11 nitrogen and oxygen atoms in total. The lowest BCUT2D eigenvalue weighted by molar-refractivity contribution is -0.142. The van der Waals surface area contributed by atoms with Crippen molar-refractivity contribution >= 4 is 34.6 Å². The van der Waals surface area contributed by atoms with Crippen LogP contribution in [0.2, 0.25) is 0 Å². The van der Waals surface area contributed by atoms with Crippen molar-refractivity contribution in [3.05, 3.63) is 71.9 Å². The van der Waals surface area contributed by atoms with Crippen LogP contribution in [0.25, 0.3) is 10.9 Å². The van der Waals surface area contributed by atoms with E-state index in [9.17, 15) is 24.3 Å². The number of carboxylic acid groups (broad SMARTS) is 1. The summed E-state index contributed by atoms with van der Waals surface area (Å²) in [5, 5.41) is 18.6. The number of aromatic nitrogens is 1. The van der Waals surface area contributed by atoms with Crippen LogP contribution in [-0.4, -0.2) is 65.0 Å². The second-order valence-electron chi connectivity index (χ2n) is 9.32. The van der Waals surface area contributed by atoms with Gasteiger partial charge < -0.3 is 37.5 Å². The largest absolute Gasteiger partial charge is 0.480 e. The summed E-state index contributed by atoms with van der Waals surface area (Å²) in [5.41, 5.74) is 13.4. The molecule has 0 aliphatic carbocycles. The maximum Gasteiger partial charge on any atom is 0.326 e. The number of rotatable bonds is 15. The standard InChI is InChI=1S/C28H36N6O5/c29-13-7-6-12-22(32-25(35)16-30)26(36)33-23(15-19-17-31-21-11-5-4-10-20(19)21)27(37)34-24(28(38)39)14-18-8-2-1-3-9-18/h1-5,8-11,17,22-24,31H,6-7,12-16,29-30H2,(H,32,35)(H,33,36)(H,34,37)(H,38,39). The molecule has 208 valence electrons. The fourth-order valence-corrected chi connectivity index (χ4v) is 4.34. The first-order valence-electron chi connectivity index (χ1n) is 12.9. The van der Waals surface area contributed by atoms with Gasteiger partial charge in [-0.15, -0.1) is 0 Å². The Labute approximate surface area is 226 Å². The molecule has 0 radical (unpaired) electrons. The van der Waals surface area contributed by atoms with Crippen molar-refractivity contribution < 1.29 is 24.3 Å². The van der Waals surface area contributed by atoms with Crippen molar-refractivity contribution in [2.45, 2.75) is 50.2 Å². The van der Waals surface area contributed by atoms with Gasteiger partial charge in [-0.25, -0.2) is 4.79 Å². The van der Waals surface area contributed by atoms with Crippen LogP contribution in [-0.2, 0) is 32.0 Å². The van der Waals surface area contributed by atoms with E-state index in [2.05, 4.69) is 20.9 Å². The van der Waals surface area contributed by atoms with Crippen LogP contribution < -0.4 is 27.4 Å². The van der Waals surface area contributed by atoms with Crippen LogP contribution in [0.15, 0.2) is 60.8 Å². The number of aliphatic carboxylic acids is 1. The van der Waals surface area contributed by atoms with Crippen LogP contribution in [0.3, 0.4) is 0 Å². The number of amides is 3. The molecule has 0 saturated heterocycles. The van der Waals surface area contributed by atoms with Crippen molar-refractivity contribution in [2.75, 3.05) is 13.1 Å². The number of nitrogens with two attached hydrogens (primary N) is 2. The summed E-state index contributed by atoms with van der Waals surface area (Å²) in [7, 11) is 0. The lowest BCUT2D eigenvalue weighted by Gasteiger charge is -2.24. The van der Waals surface area contributed by atoms with Crippen molar-refractivity contribution in [2.24, 2.45) is 11.5 Å². The van der Waals surface area contributed by atoms with E-state index in [0.29, 0.717) is 25.8 Å². The highest BCUT2D eigenvalue weighted by Crippen LogP contribution is 2.19. The van der Waals surface area contributed by atoms with E-state index in [-0.39, 0.29) is 19.4 Å². The fourth-order valence-electron chi connectivity index (χ4n) is 4.34. The maximum atomic E-state index is 13.5. The maximum absolute atomic E-state index is 13.5. The Balaban J connectivity index is 1.84. The van der Waals surface area contributed by atoms with Gasteiger partial charge in [0.15, 0.2) is 0 Å². The van der Waals surface area contributed by atoms with Gasteiger partial charge in [0, 0.05) is 29.9 Å². The monoisotopic (exact) mass is 536 g/mol. The zero-order valence-electron chi connectivity index (χ0n) is 21.7. The Bertz CT molecular complexity index is 1260. The topological polar surface area (TPSA) is 192 Å². The Morgan fingerprint density at radius 2 is 1.46 bits per heavy atom. The summed E-state index contributed by atoms with van der Waals surface area (Å²) in [6.07, 6.45) is 3.47. The molecule has 2 aromatic carbocycles. The fraction of sp³-hybridized carbons (Fsp3) is 0.357. The summed E-state index contributed by atoms with van der Waals surface area (Å²) in [5.74, 6) is -2.92. The number of carboxylic acids is 1. The molecule has 0 fully saturated rings. The lowest BCUT2D eigenvalue weighted by atomic mass is 10.0. The van der Waals surface area contributed by atoms with E-state index >= 15 is 0 Å². The van der Waals surface area contributed by atoms with E-state index in [1.165, 1.54) is 0 Å². The summed E-state index contributed by atoms with van der Waals surface area (Å²) >= 11 is 0. The average Bonchev–Trinajstić information content (AvgIpc) is 3.34. The average molecular weight is 537 g/mol. The number of benzene rings is 2. The minimum absolute atomic E-state index is 0.0733. The molecule has 3 rings (SSSR count). The second kappa shape index (κ2) is 14.6. The minimum atomic E-state index is -1.21. The molecule has 1 heterocycles. The quantitative estimate of drug-likeness (QED) is 0.138. The first kappa shape index (κ1) is 29.3. The molecule has 3 unspecified atom stereocenters. The molecule has 0 bridgehead atoms. The number of H-pyrrole nitrogens is 1. The highest BCUT2D eigenvalue weighted by molar-refractivity contribution is 5.94. The predicted molar refractivity (Wildman–Crippen MR) is 148 cm³/mol. The molecule has 1 aromatic heterocycles. The normalized spacial score (nSPS) is 13.3. The molecular formula is C28H36N6O5. The number of nitrogens with one attached hydrogen (secondary N) is 4. The third-order valence-electron chi connectivity index (χ3n) is 6.41. The summed E-state index contributed by atoms with van der Waals surface area (Å²) in [6.45, 7) is 0.141. The van der Waals surface area contributed by atoms with Gasteiger partial charge in [-0.3, -0.25) is 14.4 Å². The van der Waals surface area contributed by atoms with E-state index < -0.39 is 41.8 Å². The van der Waals surface area contributed by atoms with Crippen LogP contribution in [0.4, 0.5) is 0 Å². The Morgan fingerprint density at radius 1 is 0.795 bits per heavy atom. The molecule has 0 saturated carbocycles. The van der Waals surface area contributed by atoms with Gasteiger partial charge in [0.1, 0.15) is 18.1 Å². The highest BCUT2D eigenvalue weighted by atomic mass is 16.4. The Hall–Kier alpha value is -4.22. The number of para-hydroxylation sites is 1. The van der Waals surface area contributed by atoms with Gasteiger partial charge in [-0.05, 0) is 43.0 Å². The van der Waals surface area contributed by atoms with Gasteiger partial charge in [0.2, 0.25) is 17.7 Å². The first-order chi connectivity index (χ1) is 18.8. The number of carbonyl (C=O) groups is 4. The molecular weight excluding hydrogens is 500 g/mol. The van der Waals surface area contributed by atoms with Crippen LogP contribution in [0.5, 0.6) is 0 Å². The molecule has 39 heavy (non-hydrogen) atoms. The molecule has 3 aromatic rings. The van der Waals surface area contributed by atoms with Crippen molar-refractivity contribution in [3.8, 4) is 0 Å². The Kier molecular flexibility index (Phi) is 11.0. The van der Waals surface area contributed by atoms with Gasteiger partial charge >= 0.3 is 5.97 Å². The third-order valence-corrected chi connectivity index (χ3v) is 6.41. The van der Waals surface area contributed by atoms with Crippen LogP contribution in [0.1, 0.15) is 30.4 Å². The van der Waals surface area contributed by atoms with Crippen molar-refractivity contribution in [3.63, 3.8) is 0 Å². The van der Waals surface area contributed by atoms with Crippen LogP contribution >= 0.6 is 0 Å². The van der Waals surface area contributed by atoms with Gasteiger partial charge in [0.05, 0.1) is 6.54 Å². The van der Waals surface area contributed by atoms with E-state index in [1.807, 2.05) is 30.3 Å². The second-order valence-corrected chi connectivity index (χ2v) is 9.32. The van der Waals surface area contributed by atoms with Crippen LogP contribution in [0, 0.1) is 0 Å². The van der Waals surface area contributed by atoms with Gasteiger partial charge in [-0.1, -0.05) is 48.5 Å². The number of fused-ring (bicyclic) bond motifs is 1. The van der Waals surface area contributed by atoms with Gasteiger partial charge in [-0.2, -0.15) is 0 Å². The molecule has 0 spiro atoms. The SMILES string of the molecule is NCCCCC(NC(=O)CN)C(=O)NC(Cc1c[nH]c2ccccc12)C(=O)NC(Cc1ccccc1)C(=O)O. The minimum Gasteiger partial charge on any atom is -0.480 e. The zero-order chi connectivity index (χ0) is 28.2. The Morgan fingerprint density at radius 3 is 2.15 bits per heavy atom. The smallest absolute Gasteiger partial charge is 0.326 e. The van der Waals surface area contributed by atoms with E-state index in [1.54, 1.807) is 30.5 Å². The molecule has 3 amide bonds. The number of carbonyl (C=O) groups excluding carboxylic acids is 3. The summed E-state index contributed by atoms with van der Waals surface area (Å²) in [4.78, 5) is 53.9. The number of aromatic amines is 1. The number of hydrogen-bond donors (Lipinski definition) is 7. The predicted octanol–water partition coefficient (Wildman–Crippen LogP) is 0.580. The third kappa shape index (κ3) is 8.66. The zero-order valence-corrected chi connectivity index (χ0v) is 21.7. The summed E-state index contributed by atoms with van der Waals surface area (Å²) < 4.78 is 0. The van der Waals surface area contributed by atoms with Crippen molar-refractivity contribution in [1.82, 2.24) is 20.9 Å². The molecule has 3 atom stereocenters. The molecule has 0 aliphatic heterocycles.